The molecule has 0 atom stereocenters. The summed E-state index contributed by atoms with van der Waals surface area (Å²) < 4.78 is 5.33. The molecule has 1 N–H and O–H groups in total. The van der Waals surface area contributed by atoms with Gasteiger partial charge in [-0.25, -0.2) is 4.98 Å². The molecule has 0 aliphatic heterocycles. The average Bonchev–Trinajstić information content (AvgIpc) is 2.77. The maximum absolute atomic E-state index is 10.6. The third-order valence-corrected chi connectivity index (χ3v) is 4.25. The van der Waals surface area contributed by atoms with Gasteiger partial charge in [0.25, 0.3) is 0 Å². The quantitative estimate of drug-likeness (QED) is 0.888. The smallest absolute Gasteiger partial charge is 0.303 e. The van der Waals surface area contributed by atoms with E-state index in [4.69, 9.17) is 9.84 Å². The second-order valence-corrected chi connectivity index (χ2v) is 5.67. The number of carbonyl (C=O) groups is 1. The molecule has 0 spiro atoms. The van der Waals surface area contributed by atoms with Crippen LogP contribution in [0.5, 0.6) is 5.75 Å². The van der Waals surface area contributed by atoms with Gasteiger partial charge in [-0.05, 0) is 19.4 Å². The molecule has 0 unspecified atom stereocenters. The number of carboxylic acid groups (broad SMARTS) is 1. The lowest BCUT2D eigenvalue weighted by atomic mass is 10.1. The van der Waals surface area contributed by atoms with E-state index in [1.54, 1.807) is 18.4 Å². The number of aryl methyl sites for hydroxylation is 2. The Morgan fingerprint density at radius 3 is 2.85 bits per heavy atom. The number of ether oxygens (including phenoxy) is 1. The highest BCUT2D eigenvalue weighted by atomic mass is 32.1. The van der Waals surface area contributed by atoms with Crippen LogP contribution in [0.15, 0.2) is 24.3 Å². The first-order valence-corrected chi connectivity index (χ1v) is 7.20. The molecule has 0 aliphatic carbocycles. The van der Waals surface area contributed by atoms with Crippen LogP contribution in [-0.2, 0) is 17.6 Å². The van der Waals surface area contributed by atoms with Crippen molar-refractivity contribution < 1.29 is 14.6 Å². The molecule has 4 nitrogen and oxygen atoms in total. The van der Waals surface area contributed by atoms with Gasteiger partial charge in [-0.1, -0.05) is 18.2 Å². The van der Waals surface area contributed by atoms with Gasteiger partial charge in [0.1, 0.15) is 5.75 Å². The number of benzene rings is 1. The van der Waals surface area contributed by atoms with Crippen LogP contribution < -0.4 is 4.74 Å². The van der Waals surface area contributed by atoms with E-state index in [0.717, 1.165) is 26.9 Å². The zero-order chi connectivity index (χ0) is 14.5. The molecule has 0 bridgehead atoms. The Balaban J connectivity index is 2.14. The lowest BCUT2D eigenvalue weighted by molar-refractivity contribution is -0.136. The maximum atomic E-state index is 10.6. The molecule has 2 rings (SSSR count). The second-order valence-electron chi connectivity index (χ2n) is 4.50. The summed E-state index contributed by atoms with van der Waals surface area (Å²) in [7, 11) is 1.66. The number of nitrogens with zero attached hydrogens (tertiary/aromatic N) is 1. The van der Waals surface area contributed by atoms with E-state index < -0.39 is 5.97 Å². The van der Waals surface area contributed by atoms with Crippen molar-refractivity contribution in [2.24, 2.45) is 0 Å². The molecule has 1 aromatic carbocycles. The Labute approximate surface area is 122 Å². The third kappa shape index (κ3) is 3.57. The number of aliphatic carboxylic acids is 1. The van der Waals surface area contributed by atoms with Gasteiger partial charge in [0.2, 0.25) is 0 Å². The van der Waals surface area contributed by atoms with E-state index in [1.165, 1.54) is 0 Å². The molecular weight excluding hydrogens is 274 g/mol. The van der Waals surface area contributed by atoms with Gasteiger partial charge < -0.3 is 9.84 Å². The monoisotopic (exact) mass is 291 g/mol. The highest BCUT2D eigenvalue weighted by molar-refractivity contribution is 7.11. The fourth-order valence-electron chi connectivity index (χ4n) is 2.03. The van der Waals surface area contributed by atoms with Crippen LogP contribution in [0.3, 0.4) is 0 Å². The number of hydrogen-bond acceptors (Lipinski definition) is 4. The first-order chi connectivity index (χ1) is 9.60. The zero-order valence-electron chi connectivity index (χ0n) is 11.5. The summed E-state index contributed by atoms with van der Waals surface area (Å²) in [6.45, 7) is 1.93. The number of para-hydroxylation sites is 1. The minimum atomic E-state index is -0.774. The minimum Gasteiger partial charge on any atom is -0.496 e. The number of thiazole rings is 1. The maximum Gasteiger partial charge on any atom is 0.303 e. The number of methoxy groups -OCH3 is 1. The Morgan fingerprint density at radius 1 is 1.40 bits per heavy atom. The molecule has 106 valence electrons. The summed E-state index contributed by atoms with van der Waals surface area (Å²) in [5.74, 6) is 0.0801. The van der Waals surface area contributed by atoms with Crippen molar-refractivity contribution in [2.45, 2.75) is 26.2 Å². The van der Waals surface area contributed by atoms with Crippen LogP contribution in [0.2, 0.25) is 0 Å². The number of carboxylic acids is 1. The molecule has 0 amide bonds. The van der Waals surface area contributed by atoms with Gasteiger partial charge in [0.15, 0.2) is 0 Å². The van der Waals surface area contributed by atoms with E-state index in [1.807, 2.05) is 31.2 Å². The van der Waals surface area contributed by atoms with Gasteiger partial charge in [0, 0.05) is 16.9 Å². The van der Waals surface area contributed by atoms with Crippen molar-refractivity contribution in [2.75, 3.05) is 7.11 Å². The fourth-order valence-corrected chi connectivity index (χ4v) is 3.12. The van der Waals surface area contributed by atoms with Crippen molar-refractivity contribution >= 4 is 17.3 Å². The van der Waals surface area contributed by atoms with Gasteiger partial charge >= 0.3 is 5.97 Å². The molecular formula is C15H17NO3S. The van der Waals surface area contributed by atoms with Crippen LogP contribution in [-0.4, -0.2) is 23.2 Å². The Kier molecular flexibility index (Phi) is 4.74. The lowest BCUT2D eigenvalue weighted by Crippen LogP contribution is -1.96. The molecule has 0 fully saturated rings. The van der Waals surface area contributed by atoms with E-state index >= 15 is 0 Å². The number of rotatable bonds is 6. The molecule has 5 heteroatoms. The van der Waals surface area contributed by atoms with Crippen molar-refractivity contribution in [3.05, 3.63) is 45.4 Å². The van der Waals surface area contributed by atoms with Crippen molar-refractivity contribution in [1.82, 2.24) is 4.98 Å². The molecule has 2 aromatic rings. The number of hydrogen-bond donors (Lipinski definition) is 1. The predicted octanol–water partition coefficient (Wildman–Crippen LogP) is 3.07. The Bertz CT molecular complexity index is 607. The molecule has 0 saturated carbocycles. The second kappa shape index (κ2) is 6.52. The largest absolute Gasteiger partial charge is 0.496 e. The van der Waals surface area contributed by atoms with Crippen LogP contribution in [0.25, 0.3) is 0 Å². The van der Waals surface area contributed by atoms with E-state index in [0.29, 0.717) is 12.8 Å². The van der Waals surface area contributed by atoms with E-state index in [9.17, 15) is 4.79 Å². The molecule has 1 aromatic heterocycles. The van der Waals surface area contributed by atoms with Crippen LogP contribution in [0, 0.1) is 6.92 Å². The minimum absolute atomic E-state index is 0.150. The SMILES string of the molecule is COc1ccccc1Cc1nc(C)c(CCC(=O)O)s1. The van der Waals surface area contributed by atoms with Gasteiger partial charge in [-0.15, -0.1) is 11.3 Å². The van der Waals surface area contributed by atoms with E-state index in [-0.39, 0.29) is 6.42 Å². The summed E-state index contributed by atoms with van der Waals surface area (Å²) in [5.41, 5.74) is 2.02. The topological polar surface area (TPSA) is 59.4 Å². The third-order valence-electron chi connectivity index (χ3n) is 3.04. The predicted molar refractivity (Wildman–Crippen MR) is 78.6 cm³/mol. The summed E-state index contributed by atoms with van der Waals surface area (Å²) >= 11 is 1.59. The first kappa shape index (κ1) is 14.5. The zero-order valence-corrected chi connectivity index (χ0v) is 12.4. The summed E-state index contributed by atoms with van der Waals surface area (Å²) in [6, 6.07) is 7.87. The van der Waals surface area contributed by atoms with Crippen molar-refractivity contribution in [3.63, 3.8) is 0 Å². The van der Waals surface area contributed by atoms with Crippen LogP contribution >= 0.6 is 11.3 Å². The van der Waals surface area contributed by atoms with Gasteiger partial charge in [-0.2, -0.15) is 0 Å². The molecule has 1 heterocycles. The van der Waals surface area contributed by atoms with Gasteiger partial charge in [0.05, 0.1) is 24.2 Å². The Morgan fingerprint density at radius 2 is 2.15 bits per heavy atom. The molecule has 0 saturated heterocycles. The average molecular weight is 291 g/mol. The van der Waals surface area contributed by atoms with Crippen LogP contribution in [0.4, 0.5) is 0 Å². The normalized spacial score (nSPS) is 10.5. The van der Waals surface area contributed by atoms with E-state index in [2.05, 4.69) is 4.98 Å². The molecule has 0 radical (unpaired) electrons. The fraction of sp³-hybridized carbons (Fsp3) is 0.333. The summed E-state index contributed by atoms with van der Waals surface area (Å²) in [6.07, 6.45) is 1.41. The number of aromatic nitrogens is 1. The molecule has 0 aliphatic rings. The standard InChI is InChI=1S/C15H17NO3S/c1-10-13(7-8-15(17)18)20-14(16-10)9-11-5-3-4-6-12(11)19-2/h3-6H,7-9H2,1-2H3,(H,17,18). The molecule has 20 heavy (non-hydrogen) atoms. The highest BCUT2D eigenvalue weighted by Gasteiger charge is 2.11. The van der Waals surface area contributed by atoms with Crippen molar-refractivity contribution in [3.8, 4) is 5.75 Å². The van der Waals surface area contributed by atoms with Crippen molar-refractivity contribution in [1.29, 1.82) is 0 Å². The highest BCUT2D eigenvalue weighted by Crippen LogP contribution is 2.26. The first-order valence-electron chi connectivity index (χ1n) is 6.39. The van der Waals surface area contributed by atoms with Gasteiger partial charge in [-0.3, -0.25) is 4.79 Å². The lowest BCUT2D eigenvalue weighted by Gasteiger charge is -2.05. The van der Waals surface area contributed by atoms with Crippen LogP contribution in [0.1, 0.15) is 27.6 Å². The summed E-state index contributed by atoms with van der Waals surface area (Å²) in [4.78, 5) is 16.2. The summed E-state index contributed by atoms with van der Waals surface area (Å²) in [5, 5.41) is 9.74. The Hall–Kier alpha value is -1.88.